The molecule has 2 aromatic rings. The Balaban J connectivity index is 1.49. The van der Waals surface area contributed by atoms with E-state index >= 15 is 0 Å². The molecule has 0 aromatic heterocycles. The number of alkyl halides is 3. The summed E-state index contributed by atoms with van der Waals surface area (Å²) in [6.45, 7) is -0.796. The fraction of sp³-hybridized carbons (Fsp3) is 0.318. The molecule has 0 saturated carbocycles. The van der Waals surface area contributed by atoms with Crippen LogP contribution in [-0.2, 0) is 35.8 Å². The number of sulfonamides is 1. The molecule has 0 aliphatic carbocycles. The average molecular weight is 560 g/mol. The molecule has 4 rings (SSSR count). The van der Waals surface area contributed by atoms with Crippen molar-refractivity contribution < 1.29 is 45.4 Å². The zero-order valence-electron chi connectivity index (χ0n) is 18.8. The summed E-state index contributed by atoms with van der Waals surface area (Å²) in [7, 11) is -5.99. The highest BCUT2D eigenvalue weighted by molar-refractivity contribution is 8.01. The van der Waals surface area contributed by atoms with Gasteiger partial charge in [0, 0.05) is 0 Å². The smallest absolute Gasteiger partial charge is 0.484 e. The lowest BCUT2D eigenvalue weighted by Crippen LogP contribution is -2.78. The largest absolute Gasteiger partial charge is 0.511 e. The van der Waals surface area contributed by atoms with Crippen LogP contribution in [0, 0.1) is 0 Å². The first-order valence-electron chi connectivity index (χ1n) is 10.7. The zero-order valence-corrected chi connectivity index (χ0v) is 20.5. The van der Waals surface area contributed by atoms with Crippen LogP contribution in [0.25, 0.3) is 0 Å². The van der Waals surface area contributed by atoms with Crippen molar-refractivity contribution in [3.05, 3.63) is 66.2 Å². The Bertz CT molecular complexity index is 1260. The van der Waals surface area contributed by atoms with E-state index in [0.717, 1.165) is 0 Å². The van der Waals surface area contributed by atoms with Crippen LogP contribution in [0.3, 0.4) is 0 Å². The molecular formula is C22H20F3N3O7S2. The molecule has 10 nitrogen and oxygen atoms in total. The van der Waals surface area contributed by atoms with E-state index in [-0.39, 0.29) is 10.9 Å². The lowest BCUT2D eigenvalue weighted by Gasteiger charge is -2.54. The second-order valence-corrected chi connectivity index (χ2v) is 10.8. The minimum absolute atomic E-state index is 0.115. The number of fused-ring (bicyclic) bond motifs is 1. The molecule has 2 heterocycles. The third-order valence-corrected chi connectivity index (χ3v) is 8.42. The van der Waals surface area contributed by atoms with Crippen LogP contribution in [0.15, 0.2) is 60.7 Å². The number of nitrogens with zero attached hydrogens (tertiary/aromatic N) is 2. The molecule has 0 bridgehead atoms. The summed E-state index contributed by atoms with van der Waals surface area (Å²) in [5.41, 5.74) is -5.21. The Kier molecular flexibility index (Phi) is 7.66. The maximum absolute atomic E-state index is 13.4. The fourth-order valence-electron chi connectivity index (χ4n) is 3.66. The van der Waals surface area contributed by atoms with E-state index < -0.39 is 63.4 Å². The number of thioether (sulfide) groups is 1. The first-order valence-corrected chi connectivity index (χ1v) is 13.2. The fourth-order valence-corrected chi connectivity index (χ4v) is 6.32. The van der Waals surface area contributed by atoms with E-state index in [0.29, 0.717) is 28.0 Å². The minimum atomic E-state index is -5.99. The Labute approximate surface area is 213 Å². The number of nitrogens with one attached hydrogen (secondary N) is 1. The SMILES string of the molecule is O=C(COc1ccccc1)NC1C(=O)N2C1SCN(S(=O)(=O)C(F)(F)F)C2C(=O)OCc1ccccc1. The molecule has 37 heavy (non-hydrogen) atoms. The van der Waals surface area contributed by atoms with E-state index in [4.69, 9.17) is 9.47 Å². The van der Waals surface area contributed by atoms with Gasteiger partial charge in [0.05, 0.1) is 5.88 Å². The molecule has 3 atom stereocenters. The molecule has 198 valence electrons. The van der Waals surface area contributed by atoms with Gasteiger partial charge in [0.15, 0.2) is 12.8 Å². The quantitative estimate of drug-likeness (QED) is 0.383. The van der Waals surface area contributed by atoms with Gasteiger partial charge in [0.25, 0.3) is 11.8 Å². The van der Waals surface area contributed by atoms with Crippen LogP contribution in [-0.4, -0.2) is 71.0 Å². The van der Waals surface area contributed by atoms with Crippen molar-refractivity contribution in [1.29, 1.82) is 0 Å². The highest BCUT2D eigenvalue weighted by Gasteiger charge is 2.63. The Morgan fingerprint density at radius 1 is 1.05 bits per heavy atom. The molecule has 0 spiro atoms. The van der Waals surface area contributed by atoms with Crippen molar-refractivity contribution in [2.45, 2.75) is 29.7 Å². The van der Waals surface area contributed by atoms with Gasteiger partial charge in [-0.2, -0.15) is 17.5 Å². The first-order chi connectivity index (χ1) is 17.5. The van der Waals surface area contributed by atoms with Crippen LogP contribution in [0.4, 0.5) is 13.2 Å². The van der Waals surface area contributed by atoms with Crippen molar-refractivity contribution in [2.24, 2.45) is 0 Å². The number of hydrogen-bond acceptors (Lipinski definition) is 8. The van der Waals surface area contributed by atoms with Crippen LogP contribution in [0.1, 0.15) is 5.56 Å². The number of halogens is 3. The molecule has 0 radical (unpaired) electrons. The van der Waals surface area contributed by atoms with E-state index in [2.05, 4.69) is 5.32 Å². The number of benzene rings is 2. The molecule has 2 aliphatic heterocycles. The van der Waals surface area contributed by atoms with Crippen molar-refractivity contribution in [1.82, 2.24) is 14.5 Å². The van der Waals surface area contributed by atoms with Crippen LogP contribution in [0.2, 0.25) is 0 Å². The monoisotopic (exact) mass is 559 g/mol. The van der Waals surface area contributed by atoms with Crippen molar-refractivity contribution >= 4 is 39.6 Å². The van der Waals surface area contributed by atoms with Gasteiger partial charge in [-0.1, -0.05) is 48.5 Å². The third-order valence-electron chi connectivity index (χ3n) is 5.45. The minimum Gasteiger partial charge on any atom is -0.484 e. The molecule has 15 heteroatoms. The number of β-lactam (4-membered cyclic amide) rings is 1. The predicted octanol–water partition coefficient (Wildman–Crippen LogP) is 1.64. The van der Waals surface area contributed by atoms with Crippen molar-refractivity contribution in [3.63, 3.8) is 0 Å². The lowest BCUT2D eigenvalue weighted by atomic mass is 10.1. The highest BCUT2D eigenvalue weighted by Crippen LogP contribution is 2.42. The zero-order chi connectivity index (χ0) is 26.8. The summed E-state index contributed by atoms with van der Waals surface area (Å²) in [6.07, 6.45) is -2.19. The lowest BCUT2D eigenvalue weighted by molar-refractivity contribution is -0.173. The molecule has 1 N–H and O–H groups in total. The van der Waals surface area contributed by atoms with E-state index in [1.54, 1.807) is 60.7 Å². The van der Waals surface area contributed by atoms with E-state index in [1.165, 1.54) is 0 Å². The number of esters is 1. The van der Waals surface area contributed by atoms with Crippen molar-refractivity contribution in [3.8, 4) is 5.75 Å². The number of hydrogen-bond donors (Lipinski definition) is 1. The van der Waals surface area contributed by atoms with Crippen LogP contribution >= 0.6 is 11.8 Å². The summed E-state index contributed by atoms with van der Waals surface area (Å²) in [5.74, 6) is -3.37. The number of amides is 2. The summed E-state index contributed by atoms with van der Waals surface area (Å²) in [4.78, 5) is 38.7. The summed E-state index contributed by atoms with van der Waals surface area (Å²) in [5, 5.41) is 1.42. The second kappa shape index (κ2) is 10.6. The maximum Gasteiger partial charge on any atom is 0.511 e. The normalized spacial score (nSPS) is 22.0. The molecule has 2 saturated heterocycles. The average Bonchev–Trinajstić information content (AvgIpc) is 2.88. The van der Waals surface area contributed by atoms with E-state index in [1.807, 2.05) is 0 Å². The number of para-hydroxylation sites is 1. The molecule has 3 unspecified atom stereocenters. The number of rotatable bonds is 8. The number of ether oxygens (including phenoxy) is 2. The van der Waals surface area contributed by atoms with Gasteiger partial charge in [-0.25, -0.2) is 13.2 Å². The standard InChI is InChI=1S/C22H20F3N3O7S2/c23-22(24,25)37(32,33)27-13-36-20-17(26-16(29)12-34-15-9-5-2-6-10-15)19(30)28(20)18(27)21(31)35-11-14-7-3-1-4-8-14/h1-10,17-18,20H,11-13H2,(H,26,29). The summed E-state index contributed by atoms with van der Waals surface area (Å²) < 4.78 is 74.8. The second-order valence-electron chi connectivity index (χ2n) is 7.88. The molecule has 2 fully saturated rings. The Hall–Kier alpha value is -3.30. The topological polar surface area (TPSA) is 122 Å². The maximum atomic E-state index is 13.4. The number of carbonyl (C=O) groups excluding carboxylic acids is 3. The van der Waals surface area contributed by atoms with Gasteiger partial charge in [-0.15, -0.1) is 11.8 Å². The van der Waals surface area contributed by atoms with E-state index in [9.17, 15) is 36.0 Å². The molecule has 2 aliphatic rings. The first kappa shape index (κ1) is 26.8. The Morgan fingerprint density at radius 3 is 2.30 bits per heavy atom. The van der Waals surface area contributed by atoms with Gasteiger partial charge in [-0.3, -0.25) is 14.5 Å². The molecular weight excluding hydrogens is 539 g/mol. The van der Waals surface area contributed by atoms with Crippen molar-refractivity contribution in [2.75, 3.05) is 12.5 Å². The Morgan fingerprint density at radius 2 is 1.68 bits per heavy atom. The predicted molar refractivity (Wildman–Crippen MR) is 124 cm³/mol. The summed E-state index contributed by atoms with van der Waals surface area (Å²) >= 11 is 0.657. The summed E-state index contributed by atoms with van der Waals surface area (Å²) in [6, 6.07) is 15.3. The molecule has 2 amide bonds. The number of carbonyl (C=O) groups is 3. The van der Waals surface area contributed by atoms with Gasteiger partial charge < -0.3 is 14.8 Å². The molecule has 2 aromatic carbocycles. The van der Waals surface area contributed by atoms with Gasteiger partial charge in [0.2, 0.25) is 0 Å². The third kappa shape index (κ3) is 5.52. The highest BCUT2D eigenvalue weighted by atomic mass is 32.2. The van der Waals surface area contributed by atoms with Crippen LogP contribution in [0.5, 0.6) is 5.75 Å². The van der Waals surface area contributed by atoms with Gasteiger partial charge in [0.1, 0.15) is 23.8 Å². The van der Waals surface area contributed by atoms with Crippen LogP contribution < -0.4 is 10.1 Å². The van der Waals surface area contributed by atoms with Gasteiger partial charge >= 0.3 is 21.5 Å². The van der Waals surface area contributed by atoms with Gasteiger partial charge in [-0.05, 0) is 17.7 Å².